The molecule has 0 radical (unpaired) electrons. The van der Waals surface area contributed by atoms with Gasteiger partial charge in [0.1, 0.15) is 11.6 Å². The highest BCUT2D eigenvalue weighted by Crippen LogP contribution is 2.16. The third-order valence-corrected chi connectivity index (χ3v) is 2.75. The number of nitrogen functional groups attached to an aromatic ring is 2. The molecule has 0 spiro atoms. The molecule has 0 aliphatic heterocycles. The Labute approximate surface area is 94.8 Å². The smallest absolute Gasteiger partial charge is 0.149 e. The van der Waals surface area contributed by atoms with Crippen molar-refractivity contribution in [2.75, 3.05) is 28.8 Å². The fraction of sp³-hybridized carbons (Fsp3) is 0.500. The predicted octanol–water partition coefficient (Wildman–Crippen LogP) is 1.80. The lowest BCUT2D eigenvalue weighted by molar-refractivity contribution is 0.767. The molecule has 1 rings (SSSR count). The van der Waals surface area contributed by atoms with Gasteiger partial charge >= 0.3 is 0 Å². The van der Waals surface area contributed by atoms with Crippen LogP contribution in [0.15, 0.2) is 12.1 Å². The number of aromatic nitrogens is 1. The average Bonchev–Trinajstić information content (AvgIpc) is 2.20. The van der Waals surface area contributed by atoms with Crippen molar-refractivity contribution in [3.63, 3.8) is 0 Å². The van der Waals surface area contributed by atoms with Crippen LogP contribution in [0.4, 0.5) is 17.3 Å². The maximum absolute atomic E-state index is 5.62. The Morgan fingerprint density at radius 3 is 2.80 bits per heavy atom. The van der Waals surface area contributed by atoms with Gasteiger partial charge in [0.15, 0.2) is 0 Å². The van der Waals surface area contributed by atoms with E-state index in [0.717, 1.165) is 18.0 Å². The second-order valence-electron chi connectivity index (χ2n) is 3.50. The monoisotopic (exact) mass is 226 g/mol. The molecule has 15 heavy (non-hydrogen) atoms. The van der Waals surface area contributed by atoms with Crippen molar-refractivity contribution in [1.82, 2.24) is 4.98 Å². The minimum atomic E-state index is 0.386. The van der Waals surface area contributed by atoms with E-state index in [1.54, 1.807) is 6.07 Å². The topological polar surface area (TPSA) is 77.0 Å². The van der Waals surface area contributed by atoms with Gasteiger partial charge in [0.25, 0.3) is 0 Å². The first-order valence-electron chi connectivity index (χ1n) is 4.91. The van der Waals surface area contributed by atoms with Gasteiger partial charge in [-0.15, -0.1) is 0 Å². The van der Waals surface area contributed by atoms with E-state index in [1.165, 1.54) is 0 Å². The van der Waals surface area contributed by atoms with Crippen LogP contribution in [-0.2, 0) is 0 Å². The zero-order valence-electron chi connectivity index (χ0n) is 9.16. The Kier molecular flexibility index (Phi) is 4.55. The summed E-state index contributed by atoms with van der Waals surface area (Å²) in [6.45, 7) is 2.13. The number of rotatable bonds is 5. The summed E-state index contributed by atoms with van der Waals surface area (Å²) in [5, 5.41) is 3.28. The van der Waals surface area contributed by atoms with Crippen molar-refractivity contribution < 1.29 is 0 Å². The average molecular weight is 226 g/mol. The molecular weight excluding hydrogens is 208 g/mol. The Balaban J connectivity index is 2.53. The molecule has 0 saturated carbocycles. The highest BCUT2D eigenvalue weighted by molar-refractivity contribution is 7.98. The van der Waals surface area contributed by atoms with Gasteiger partial charge < -0.3 is 16.8 Å². The third-order valence-electron chi connectivity index (χ3n) is 2.11. The van der Waals surface area contributed by atoms with Crippen molar-refractivity contribution in [3.8, 4) is 0 Å². The zero-order valence-corrected chi connectivity index (χ0v) is 9.97. The molecule has 1 unspecified atom stereocenters. The molecule has 5 N–H and O–H groups in total. The van der Waals surface area contributed by atoms with E-state index >= 15 is 0 Å². The van der Waals surface area contributed by atoms with Gasteiger partial charge in [-0.3, -0.25) is 0 Å². The minimum Gasteiger partial charge on any atom is -0.396 e. The van der Waals surface area contributed by atoms with Gasteiger partial charge in [-0.1, -0.05) is 0 Å². The van der Waals surface area contributed by atoms with Gasteiger partial charge in [0, 0.05) is 6.04 Å². The Bertz CT molecular complexity index is 316. The van der Waals surface area contributed by atoms with Gasteiger partial charge in [-0.05, 0) is 37.5 Å². The summed E-state index contributed by atoms with van der Waals surface area (Å²) in [4.78, 5) is 4.16. The van der Waals surface area contributed by atoms with E-state index in [-0.39, 0.29) is 0 Å². The highest BCUT2D eigenvalue weighted by atomic mass is 32.2. The second-order valence-corrected chi connectivity index (χ2v) is 4.48. The molecule has 0 aromatic carbocycles. The number of pyridine rings is 1. The molecule has 0 aliphatic carbocycles. The quantitative estimate of drug-likeness (QED) is 0.713. The first-order chi connectivity index (χ1) is 7.13. The number of thioether (sulfide) groups is 1. The number of nitrogens with two attached hydrogens (primary N) is 2. The number of hydrogen-bond donors (Lipinski definition) is 3. The molecule has 1 aromatic heterocycles. The molecule has 0 aliphatic rings. The summed E-state index contributed by atoms with van der Waals surface area (Å²) in [5.41, 5.74) is 11.7. The van der Waals surface area contributed by atoms with Crippen LogP contribution >= 0.6 is 11.8 Å². The van der Waals surface area contributed by atoms with Crippen LogP contribution in [0.5, 0.6) is 0 Å². The molecular formula is C10H18N4S. The first kappa shape index (κ1) is 12.0. The minimum absolute atomic E-state index is 0.386. The summed E-state index contributed by atoms with van der Waals surface area (Å²) in [5.74, 6) is 2.31. The Morgan fingerprint density at radius 2 is 2.20 bits per heavy atom. The Hall–Kier alpha value is -1.10. The Morgan fingerprint density at radius 1 is 1.47 bits per heavy atom. The lowest BCUT2D eigenvalue weighted by Crippen LogP contribution is -2.17. The summed E-state index contributed by atoms with van der Waals surface area (Å²) in [6, 6.07) is 4.01. The molecule has 1 aromatic rings. The van der Waals surface area contributed by atoms with Crippen LogP contribution in [0.2, 0.25) is 0 Å². The normalized spacial score (nSPS) is 12.4. The van der Waals surface area contributed by atoms with Crippen LogP contribution in [0, 0.1) is 0 Å². The molecule has 0 amide bonds. The predicted molar refractivity (Wildman–Crippen MR) is 69.1 cm³/mol. The zero-order chi connectivity index (χ0) is 11.3. The van der Waals surface area contributed by atoms with Crippen LogP contribution in [0.3, 0.4) is 0 Å². The number of hydrogen-bond acceptors (Lipinski definition) is 5. The molecule has 1 heterocycles. The van der Waals surface area contributed by atoms with E-state index in [4.69, 9.17) is 11.5 Å². The largest absolute Gasteiger partial charge is 0.396 e. The van der Waals surface area contributed by atoms with Crippen molar-refractivity contribution in [2.24, 2.45) is 0 Å². The summed E-state index contributed by atoms with van der Waals surface area (Å²) >= 11 is 1.84. The van der Waals surface area contributed by atoms with E-state index < -0.39 is 0 Å². The van der Waals surface area contributed by atoms with Gasteiger partial charge in [0.2, 0.25) is 0 Å². The van der Waals surface area contributed by atoms with E-state index in [1.807, 2.05) is 17.8 Å². The van der Waals surface area contributed by atoms with Crippen molar-refractivity contribution in [1.29, 1.82) is 0 Å². The molecule has 1 atom stereocenters. The standard InChI is InChI=1S/C10H18N4S/c1-7(5-6-15-2)13-9-4-3-8(11)10(12)14-9/h3-4,7H,5-6,11H2,1-2H3,(H3,12,13,14). The van der Waals surface area contributed by atoms with Crippen LogP contribution < -0.4 is 16.8 Å². The molecule has 84 valence electrons. The summed E-state index contributed by atoms with van der Waals surface area (Å²) < 4.78 is 0. The molecule has 5 heteroatoms. The lowest BCUT2D eigenvalue weighted by Gasteiger charge is -2.14. The SMILES string of the molecule is CSCCC(C)Nc1ccc(N)c(N)n1. The van der Waals surface area contributed by atoms with Crippen LogP contribution in [-0.4, -0.2) is 23.0 Å². The van der Waals surface area contributed by atoms with Gasteiger partial charge in [-0.25, -0.2) is 4.98 Å². The second kappa shape index (κ2) is 5.70. The van der Waals surface area contributed by atoms with Crippen LogP contribution in [0.1, 0.15) is 13.3 Å². The molecule has 0 saturated heterocycles. The van der Waals surface area contributed by atoms with Crippen molar-refractivity contribution in [3.05, 3.63) is 12.1 Å². The summed E-state index contributed by atoms with van der Waals surface area (Å²) in [7, 11) is 0. The van der Waals surface area contributed by atoms with Crippen molar-refractivity contribution >= 4 is 29.1 Å². The van der Waals surface area contributed by atoms with Gasteiger partial charge in [0.05, 0.1) is 5.69 Å². The fourth-order valence-electron chi connectivity index (χ4n) is 1.19. The number of nitrogens with zero attached hydrogens (tertiary/aromatic N) is 1. The van der Waals surface area contributed by atoms with Gasteiger partial charge in [-0.2, -0.15) is 11.8 Å². The van der Waals surface area contributed by atoms with E-state index in [9.17, 15) is 0 Å². The molecule has 0 fully saturated rings. The lowest BCUT2D eigenvalue weighted by atomic mass is 10.2. The maximum atomic E-state index is 5.62. The van der Waals surface area contributed by atoms with Crippen molar-refractivity contribution in [2.45, 2.75) is 19.4 Å². The van der Waals surface area contributed by atoms with Crippen LogP contribution in [0.25, 0.3) is 0 Å². The number of nitrogens with one attached hydrogen (secondary N) is 1. The number of anilines is 3. The fourth-order valence-corrected chi connectivity index (χ4v) is 1.77. The first-order valence-corrected chi connectivity index (χ1v) is 6.30. The molecule has 0 bridgehead atoms. The van der Waals surface area contributed by atoms with E-state index in [2.05, 4.69) is 23.5 Å². The highest BCUT2D eigenvalue weighted by Gasteiger charge is 2.03. The maximum Gasteiger partial charge on any atom is 0.149 e. The van der Waals surface area contributed by atoms with E-state index in [0.29, 0.717) is 17.5 Å². The third kappa shape index (κ3) is 3.87. The molecule has 4 nitrogen and oxygen atoms in total. The summed E-state index contributed by atoms with van der Waals surface area (Å²) in [6.07, 6.45) is 3.21.